The average Bonchev–Trinajstić information content (AvgIpc) is 3.36. The molecule has 1 aliphatic carbocycles. The van der Waals surface area contributed by atoms with Crippen LogP contribution in [0.5, 0.6) is 0 Å². The minimum Gasteiger partial charge on any atom is -0.462 e. The molecular weight excluding hydrogens is 504 g/mol. The number of nitrogens with one attached hydrogen (secondary N) is 1. The number of nitrogens with zero attached hydrogens (tertiary/aromatic N) is 1. The number of carbonyl (C=O) groups excluding carboxylic acids is 2. The predicted octanol–water partition coefficient (Wildman–Crippen LogP) is 4.06. The van der Waals surface area contributed by atoms with E-state index < -0.39 is 28.0 Å². The number of hydrogen-bond acceptors (Lipinski definition) is 8. The van der Waals surface area contributed by atoms with Crippen LogP contribution >= 0.6 is 11.3 Å². The van der Waals surface area contributed by atoms with Crippen LogP contribution in [-0.4, -0.2) is 63.7 Å². The first-order valence-electron chi connectivity index (χ1n) is 11.5. The SMILES string of the molecule is CCOC(=O)c1cccc(NC(=O)c2sccc2S(=O)(=O)N(C)C2=CC(OCC)C(OCC)C=C2)c1. The zero-order valence-electron chi connectivity index (χ0n) is 20.6. The summed E-state index contributed by atoms with van der Waals surface area (Å²) in [5, 5.41) is 4.22. The highest BCUT2D eigenvalue weighted by Gasteiger charge is 2.31. The highest BCUT2D eigenvalue weighted by atomic mass is 32.2. The molecule has 36 heavy (non-hydrogen) atoms. The Morgan fingerprint density at radius 1 is 1.06 bits per heavy atom. The van der Waals surface area contributed by atoms with Crippen molar-refractivity contribution in [3.8, 4) is 0 Å². The highest BCUT2D eigenvalue weighted by molar-refractivity contribution is 7.89. The van der Waals surface area contributed by atoms with E-state index in [0.29, 0.717) is 24.6 Å². The molecule has 0 radical (unpaired) electrons. The lowest BCUT2D eigenvalue weighted by atomic mass is 10.1. The Kier molecular flexibility index (Phi) is 9.43. The molecule has 1 N–H and O–H groups in total. The predicted molar refractivity (Wildman–Crippen MR) is 138 cm³/mol. The van der Waals surface area contributed by atoms with Gasteiger partial charge in [-0.05, 0) is 62.6 Å². The number of rotatable bonds is 11. The number of sulfonamides is 1. The van der Waals surface area contributed by atoms with Crippen LogP contribution in [0.3, 0.4) is 0 Å². The molecule has 0 saturated carbocycles. The van der Waals surface area contributed by atoms with Gasteiger partial charge in [-0.3, -0.25) is 9.10 Å². The lowest BCUT2D eigenvalue weighted by molar-refractivity contribution is -0.0229. The van der Waals surface area contributed by atoms with Crippen LogP contribution < -0.4 is 5.32 Å². The van der Waals surface area contributed by atoms with Gasteiger partial charge in [-0.25, -0.2) is 13.2 Å². The lowest BCUT2D eigenvalue weighted by Crippen LogP contribution is -2.35. The van der Waals surface area contributed by atoms with E-state index in [1.165, 1.54) is 19.2 Å². The van der Waals surface area contributed by atoms with Gasteiger partial charge in [0.2, 0.25) is 0 Å². The Morgan fingerprint density at radius 2 is 1.78 bits per heavy atom. The van der Waals surface area contributed by atoms with Gasteiger partial charge in [0.15, 0.2) is 0 Å². The first kappa shape index (κ1) is 27.6. The van der Waals surface area contributed by atoms with Gasteiger partial charge in [-0.1, -0.05) is 12.1 Å². The number of esters is 1. The molecule has 1 aliphatic rings. The molecule has 1 heterocycles. The van der Waals surface area contributed by atoms with Crippen molar-refractivity contribution in [2.75, 3.05) is 32.2 Å². The van der Waals surface area contributed by atoms with Crippen LogP contribution in [0.2, 0.25) is 0 Å². The van der Waals surface area contributed by atoms with Crippen molar-refractivity contribution in [1.29, 1.82) is 0 Å². The molecule has 11 heteroatoms. The number of ether oxygens (including phenoxy) is 3. The zero-order chi connectivity index (χ0) is 26.3. The van der Waals surface area contributed by atoms with Gasteiger partial charge in [0, 0.05) is 31.6 Å². The molecule has 3 rings (SSSR count). The fraction of sp³-hybridized carbons (Fsp3) is 0.360. The zero-order valence-corrected chi connectivity index (χ0v) is 22.2. The minimum absolute atomic E-state index is 0.0253. The molecule has 1 amide bonds. The maximum Gasteiger partial charge on any atom is 0.338 e. The molecule has 194 valence electrons. The normalized spacial score (nSPS) is 17.4. The summed E-state index contributed by atoms with van der Waals surface area (Å²) >= 11 is 1.01. The number of amides is 1. The fourth-order valence-corrected chi connectivity index (χ4v) is 6.08. The molecular formula is C25H30N2O7S2. The quantitative estimate of drug-likeness (QED) is 0.433. The third-order valence-corrected chi connectivity index (χ3v) is 8.17. The topological polar surface area (TPSA) is 111 Å². The largest absolute Gasteiger partial charge is 0.462 e. The second-order valence-electron chi connectivity index (χ2n) is 7.63. The van der Waals surface area contributed by atoms with Gasteiger partial charge < -0.3 is 19.5 Å². The van der Waals surface area contributed by atoms with Crippen molar-refractivity contribution >= 4 is 38.9 Å². The second kappa shape index (κ2) is 12.3. The van der Waals surface area contributed by atoms with E-state index in [0.717, 1.165) is 15.6 Å². The molecule has 1 aromatic heterocycles. The van der Waals surface area contributed by atoms with Crippen LogP contribution in [0, 0.1) is 0 Å². The van der Waals surface area contributed by atoms with Crippen LogP contribution in [0.25, 0.3) is 0 Å². The molecule has 0 saturated heterocycles. The first-order valence-corrected chi connectivity index (χ1v) is 13.8. The lowest BCUT2D eigenvalue weighted by Gasteiger charge is -2.29. The summed E-state index contributed by atoms with van der Waals surface area (Å²) in [5.74, 6) is -1.12. The van der Waals surface area contributed by atoms with Crippen molar-refractivity contribution in [3.05, 3.63) is 70.1 Å². The summed E-state index contributed by atoms with van der Waals surface area (Å²) in [7, 11) is -2.64. The van der Waals surface area contributed by atoms with Crippen molar-refractivity contribution in [2.45, 2.75) is 37.9 Å². The Balaban J connectivity index is 1.83. The Labute approximate surface area is 215 Å². The summed E-state index contributed by atoms with van der Waals surface area (Å²) in [6.45, 7) is 6.59. The molecule has 0 spiro atoms. The third-order valence-electron chi connectivity index (χ3n) is 5.30. The summed E-state index contributed by atoms with van der Waals surface area (Å²) < 4.78 is 44.5. The maximum absolute atomic E-state index is 13.5. The Bertz CT molecular complexity index is 1250. The van der Waals surface area contributed by atoms with E-state index >= 15 is 0 Å². The van der Waals surface area contributed by atoms with Crippen LogP contribution in [0.1, 0.15) is 40.8 Å². The maximum atomic E-state index is 13.5. The molecule has 0 bridgehead atoms. The van der Waals surface area contributed by atoms with Crippen LogP contribution in [-0.2, 0) is 24.2 Å². The van der Waals surface area contributed by atoms with E-state index in [2.05, 4.69) is 5.32 Å². The van der Waals surface area contributed by atoms with E-state index in [-0.39, 0.29) is 28.0 Å². The van der Waals surface area contributed by atoms with Crippen molar-refractivity contribution < 1.29 is 32.2 Å². The average molecular weight is 535 g/mol. The monoisotopic (exact) mass is 534 g/mol. The summed E-state index contributed by atoms with van der Waals surface area (Å²) in [6.07, 6.45) is 4.38. The molecule has 2 atom stereocenters. The number of hydrogen-bond donors (Lipinski definition) is 1. The van der Waals surface area contributed by atoms with E-state index in [1.807, 2.05) is 13.8 Å². The number of carbonyl (C=O) groups is 2. The van der Waals surface area contributed by atoms with Gasteiger partial charge >= 0.3 is 5.97 Å². The number of allylic oxidation sites excluding steroid dienone is 1. The molecule has 2 unspecified atom stereocenters. The smallest absolute Gasteiger partial charge is 0.338 e. The van der Waals surface area contributed by atoms with Crippen molar-refractivity contribution in [1.82, 2.24) is 4.31 Å². The molecule has 9 nitrogen and oxygen atoms in total. The Hall–Kier alpha value is -2.99. The molecule has 2 aromatic rings. The second-order valence-corrected chi connectivity index (χ2v) is 10.5. The van der Waals surface area contributed by atoms with E-state index in [4.69, 9.17) is 14.2 Å². The first-order chi connectivity index (χ1) is 17.2. The minimum atomic E-state index is -4.07. The van der Waals surface area contributed by atoms with Gasteiger partial charge in [-0.2, -0.15) is 0 Å². The fourth-order valence-electron chi connectivity index (χ4n) is 3.59. The number of benzene rings is 1. The van der Waals surface area contributed by atoms with Gasteiger partial charge in [0.05, 0.1) is 12.2 Å². The number of likely N-dealkylation sites (N-methyl/N-ethyl adjacent to an activating group) is 1. The summed E-state index contributed by atoms with van der Waals surface area (Å²) in [6, 6.07) is 7.66. The van der Waals surface area contributed by atoms with Gasteiger partial charge in [-0.15, -0.1) is 11.3 Å². The Morgan fingerprint density at radius 3 is 2.47 bits per heavy atom. The van der Waals surface area contributed by atoms with Gasteiger partial charge in [0.25, 0.3) is 15.9 Å². The van der Waals surface area contributed by atoms with Crippen LogP contribution in [0.15, 0.2) is 64.5 Å². The summed E-state index contributed by atoms with van der Waals surface area (Å²) in [4.78, 5) is 24.9. The van der Waals surface area contributed by atoms with Gasteiger partial charge in [0.1, 0.15) is 22.0 Å². The molecule has 1 aromatic carbocycles. The summed E-state index contributed by atoms with van der Waals surface area (Å²) in [5.41, 5.74) is 1.03. The molecule has 0 fully saturated rings. The highest BCUT2D eigenvalue weighted by Crippen LogP contribution is 2.29. The third kappa shape index (κ3) is 6.22. The number of anilines is 1. The van der Waals surface area contributed by atoms with Crippen molar-refractivity contribution in [2.24, 2.45) is 0 Å². The van der Waals surface area contributed by atoms with E-state index in [9.17, 15) is 18.0 Å². The standard InChI is InChI=1S/C25H30N2O7S2/c1-5-32-20-12-11-19(16-21(20)33-6-2)27(4)36(30,31)22-13-14-35-23(22)24(28)26-18-10-8-9-17(15-18)25(29)34-7-3/h8-16,20-21H,5-7H2,1-4H3,(H,26,28). The van der Waals surface area contributed by atoms with Crippen molar-refractivity contribution in [3.63, 3.8) is 0 Å². The van der Waals surface area contributed by atoms with E-state index in [1.54, 1.807) is 48.7 Å². The number of thiophene rings is 1. The molecule has 0 aliphatic heterocycles. The van der Waals surface area contributed by atoms with Crippen LogP contribution in [0.4, 0.5) is 5.69 Å².